The third kappa shape index (κ3) is 4.38. The van der Waals surface area contributed by atoms with Gasteiger partial charge in [0, 0.05) is 12.2 Å². The number of nitrogens with two attached hydrogens (primary N) is 1. The molecule has 8 heteroatoms. The first-order valence-corrected chi connectivity index (χ1v) is 5.28. The van der Waals surface area contributed by atoms with E-state index in [9.17, 15) is 13.2 Å². The molecular formula is C10H11F3N2O2S. The number of halogens is 3. The van der Waals surface area contributed by atoms with Gasteiger partial charge in [0.25, 0.3) is 0 Å². The van der Waals surface area contributed by atoms with Gasteiger partial charge in [-0.05, 0) is 36.5 Å². The molecule has 0 spiro atoms. The van der Waals surface area contributed by atoms with Crippen LogP contribution in [0.25, 0.3) is 0 Å². The Morgan fingerprint density at radius 2 is 1.89 bits per heavy atom. The highest BCUT2D eigenvalue weighted by Crippen LogP contribution is 2.25. The molecule has 0 atom stereocenters. The molecule has 0 radical (unpaired) electrons. The summed E-state index contributed by atoms with van der Waals surface area (Å²) in [7, 11) is 0. The van der Waals surface area contributed by atoms with Crippen LogP contribution in [-0.4, -0.2) is 29.7 Å². The number of anilines is 1. The maximum atomic E-state index is 11.9. The van der Waals surface area contributed by atoms with Crippen LogP contribution >= 0.6 is 12.2 Å². The monoisotopic (exact) mass is 280 g/mol. The van der Waals surface area contributed by atoms with Crippen molar-refractivity contribution < 1.29 is 23.0 Å². The molecule has 0 aliphatic rings. The number of nitrogens with zero attached hydrogens (tertiary/aromatic N) is 1. The van der Waals surface area contributed by atoms with Crippen molar-refractivity contribution in [1.29, 1.82) is 0 Å². The normalized spacial score (nSPS) is 11.1. The highest BCUT2D eigenvalue weighted by molar-refractivity contribution is 7.80. The van der Waals surface area contributed by atoms with Crippen LogP contribution in [0, 0.1) is 0 Å². The molecule has 0 aliphatic carbocycles. The molecule has 0 unspecified atom stereocenters. The zero-order chi connectivity index (χ0) is 13.8. The number of aliphatic hydroxyl groups excluding tert-OH is 1. The number of hydrogen-bond donors (Lipinski definition) is 2. The van der Waals surface area contributed by atoms with Crippen molar-refractivity contribution in [1.82, 2.24) is 0 Å². The Bertz CT molecular complexity index is 409. The Balaban J connectivity index is 2.83. The molecule has 4 nitrogen and oxygen atoms in total. The molecule has 18 heavy (non-hydrogen) atoms. The molecule has 0 saturated carbocycles. The molecule has 0 bridgehead atoms. The van der Waals surface area contributed by atoms with E-state index in [-0.39, 0.29) is 24.0 Å². The molecular weight excluding hydrogens is 269 g/mol. The second kappa shape index (κ2) is 5.87. The van der Waals surface area contributed by atoms with E-state index in [1.807, 2.05) is 0 Å². The Hall–Kier alpha value is -1.54. The van der Waals surface area contributed by atoms with Gasteiger partial charge in [-0.2, -0.15) is 0 Å². The van der Waals surface area contributed by atoms with E-state index in [1.165, 1.54) is 17.0 Å². The van der Waals surface area contributed by atoms with Gasteiger partial charge in [-0.3, -0.25) is 0 Å². The highest BCUT2D eigenvalue weighted by Gasteiger charge is 2.31. The first-order chi connectivity index (χ1) is 8.33. The number of benzene rings is 1. The van der Waals surface area contributed by atoms with Crippen molar-refractivity contribution >= 4 is 23.0 Å². The summed E-state index contributed by atoms with van der Waals surface area (Å²) in [4.78, 5) is 1.40. The molecule has 0 saturated heterocycles. The van der Waals surface area contributed by atoms with E-state index in [0.717, 1.165) is 12.1 Å². The minimum Gasteiger partial charge on any atom is -0.406 e. The molecule has 1 aromatic carbocycles. The molecule has 0 heterocycles. The van der Waals surface area contributed by atoms with Crippen LogP contribution in [0.3, 0.4) is 0 Å². The average molecular weight is 280 g/mol. The van der Waals surface area contributed by atoms with Crippen LogP contribution in [0.4, 0.5) is 18.9 Å². The van der Waals surface area contributed by atoms with Crippen molar-refractivity contribution in [2.24, 2.45) is 5.73 Å². The van der Waals surface area contributed by atoms with Gasteiger partial charge in [-0.1, -0.05) is 0 Å². The predicted molar refractivity (Wildman–Crippen MR) is 64.3 cm³/mol. The van der Waals surface area contributed by atoms with Crippen LogP contribution in [0.5, 0.6) is 5.75 Å². The second-order valence-electron chi connectivity index (χ2n) is 3.26. The summed E-state index contributed by atoms with van der Waals surface area (Å²) >= 11 is 4.77. The van der Waals surface area contributed by atoms with E-state index in [4.69, 9.17) is 23.1 Å². The minimum atomic E-state index is -4.73. The Morgan fingerprint density at radius 1 is 1.33 bits per heavy atom. The summed E-state index contributed by atoms with van der Waals surface area (Å²) in [5.41, 5.74) is 5.91. The summed E-state index contributed by atoms with van der Waals surface area (Å²) in [5, 5.41) is 8.85. The summed E-state index contributed by atoms with van der Waals surface area (Å²) in [5.74, 6) is -0.335. The molecule has 1 rings (SSSR count). The lowest BCUT2D eigenvalue weighted by molar-refractivity contribution is -0.274. The number of hydrogen-bond acceptors (Lipinski definition) is 3. The summed E-state index contributed by atoms with van der Waals surface area (Å²) < 4.78 is 39.6. The van der Waals surface area contributed by atoms with Crippen molar-refractivity contribution in [3.8, 4) is 5.75 Å². The maximum Gasteiger partial charge on any atom is 0.573 e. The molecule has 1 aromatic rings. The summed E-state index contributed by atoms with van der Waals surface area (Å²) in [6.45, 7) is -0.0209. The van der Waals surface area contributed by atoms with Crippen molar-refractivity contribution in [3.63, 3.8) is 0 Å². The van der Waals surface area contributed by atoms with E-state index in [2.05, 4.69) is 4.74 Å². The van der Waals surface area contributed by atoms with Crippen LogP contribution in [0.15, 0.2) is 24.3 Å². The van der Waals surface area contributed by atoms with Gasteiger partial charge in [0.15, 0.2) is 5.11 Å². The predicted octanol–water partition coefficient (Wildman–Crippen LogP) is 1.63. The number of alkyl halides is 3. The largest absolute Gasteiger partial charge is 0.573 e. The Morgan fingerprint density at radius 3 is 2.28 bits per heavy atom. The zero-order valence-electron chi connectivity index (χ0n) is 9.15. The van der Waals surface area contributed by atoms with Gasteiger partial charge in [0.1, 0.15) is 5.75 Å². The van der Waals surface area contributed by atoms with Crippen molar-refractivity contribution in [2.75, 3.05) is 18.1 Å². The fourth-order valence-corrected chi connectivity index (χ4v) is 1.49. The molecule has 0 amide bonds. The molecule has 100 valence electrons. The Kier molecular flexibility index (Phi) is 4.74. The van der Waals surface area contributed by atoms with E-state index in [0.29, 0.717) is 5.69 Å². The quantitative estimate of drug-likeness (QED) is 0.821. The Labute approximate surface area is 107 Å². The van der Waals surface area contributed by atoms with E-state index < -0.39 is 6.36 Å². The third-order valence-electron chi connectivity index (χ3n) is 1.97. The van der Waals surface area contributed by atoms with Gasteiger partial charge in [0.2, 0.25) is 0 Å². The van der Waals surface area contributed by atoms with Gasteiger partial charge in [-0.15, -0.1) is 13.2 Å². The number of ether oxygens (including phenoxy) is 1. The van der Waals surface area contributed by atoms with Crippen molar-refractivity contribution in [3.05, 3.63) is 24.3 Å². The maximum absolute atomic E-state index is 11.9. The van der Waals surface area contributed by atoms with Crippen LogP contribution in [0.1, 0.15) is 0 Å². The van der Waals surface area contributed by atoms with Gasteiger partial charge in [0.05, 0.1) is 6.61 Å². The molecule has 3 N–H and O–H groups in total. The fraction of sp³-hybridized carbons (Fsp3) is 0.300. The number of rotatable bonds is 4. The SMILES string of the molecule is NC(=S)N(CCO)c1ccc(OC(F)(F)F)cc1. The van der Waals surface area contributed by atoms with Crippen LogP contribution < -0.4 is 15.4 Å². The topological polar surface area (TPSA) is 58.7 Å². The smallest absolute Gasteiger partial charge is 0.406 e. The first-order valence-electron chi connectivity index (χ1n) is 4.87. The zero-order valence-corrected chi connectivity index (χ0v) is 9.96. The lowest BCUT2D eigenvalue weighted by Crippen LogP contribution is -2.37. The average Bonchev–Trinajstić information content (AvgIpc) is 2.25. The first kappa shape index (κ1) is 14.5. The fourth-order valence-electron chi connectivity index (χ4n) is 1.29. The number of thiocarbonyl (C=S) groups is 1. The summed E-state index contributed by atoms with van der Waals surface area (Å²) in [6.07, 6.45) is -4.73. The molecule has 0 aromatic heterocycles. The van der Waals surface area contributed by atoms with Crippen LogP contribution in [-0.2, 0) is 0 Å². The van der Waals surface area contributed by atoms with Gasteiger partial charge in [-0.25, -0.2) is 0 Å². The van der Waals surface area contributed by atoms with Gasteiger partial charge < -0.3 is 20.5 Å². The standard InChI is InChI=1S/C10H11F3N2O2S/c11-10(12,13)17-8-3-1-7(2-4-8)15(5-6-16)9(14)18/h1-4,16H,5-6H2,(H2,14,18). The van der Waals surface area contributed by atoms with Gasteiger partial charge >= 0.3 is 6.36 Å². The van der Waals surface area contributed by atoms with E-state index >= 15 is 0 Å². The number of aliphatic hydroxyl groups is 1. The molecule has 0 aliphatic heterocycles. The minimum absolute atomic E-state index is 0.0218. The lowest BCUT2D eigenvalue weighted by atomic mass is 10.3. The lowest BCUT2D eigenvalue weighted by Gasteiger charge is -2.22. The van der Waals surface area contributed by atoms with Crippen LogP contribution in [0.2, 0.25) is 0 Å². The second-order valence-corrected chi connectivity index (χ2v) is 3.67. The molecule has 0 fully saturated rings. The third-order valence-corrected chi connectivity index (χ3v) is 2.19. The van der Waals surface area contributed by atoms with E-state index in [1.54, 1.807) is 0 Å². The highest BCUT2D eigenvalue weighted by atomic mass is 32.1. The van der Waals surface area contributed by atoms with Crippen molar-refractivity contribution in [2.45, 2.75) is 6.36 Å². The summed E-state index contributed by atoms with van der Waals surface area (Å²) in [6, 6.07) is 5.03.